The molecule has 0 saturated carbocycles. The van der Waals surface area contributed by atoms with Crippen LogP contribution in [0, 0.1) is 10.6 Å². The molecular weight excluding hydrogens is 237 g/mol. The Morgan fingerprint density at radius 3 is 3.00 bits per heavy atom. The van der Waals surface area contributed by atoms with Gasteiger partial charge in [0.05, 0.1) is 22.9 Å². The summed E-state index contributed by atoms with van der Waals surface area (Å²) in [5.74, 6) is -0.284. The van der Waals surface area contributed by atoms with Crippen molar-refractivity contribution in [3.05, 3.63) is 53.3 Å². The van der Waals surface area contributed by atoms with Crippen LogP contribution in [0.1, 0.15) is 0 Å². The Hall–Kier alpha value is -2.01. The molecule has 0 atom stereocenters. The molecule has 0 bridgehead atoms. The number of benzene rings is 1. The number of aromatic amines is 1. The van der Waals surface area contributed by atoms with Gasteiger partial charge in [-0.3, -0.25) is 9.55 Å². The van der Waals surface area contributed by atoms with Crippen molar-refractivity contribution in [2.45, 2.75) is 0 Å². The second kappa shape index (κ2) is 3.78. The first-order valence-corrected chi connectivity index (χ1v) is 5.47. The molecule has 0 aliphatic carbocycles. The van der Waals surface area contributed by atoms with Crippen molar-refractivity contribution in [1.82, 2.24) is 14.5 Å². The minimum absolute atomic E-state index is 0.284. The van der Waals surface area contributed by atoms with Gasteiger partial charge in [0.15, 0.2) is 4.77 Å². The summed E-state index contributed by atoms with van der Waals surface area (Å²) in [4.78, 5) is 7.05. The lowest BCUT2D eigenvalue weighted by molar-refractivity contribution is 0.626. The summed E-state index contributed by atoms with van der Waals surface area (Å²) in [6, 6.07) is 8.17. The van der Waals surface area contributed by atoms with Gasteiger partial charge in [0.1, 0.15) is 5.82 Å². The molecule has 3 aromatic rings. The standard InChI is InChI=1S/C12H8FN3S/c13-8-2-1-3-9(6-8)16-11-4-5-14-7-10(11)15-12(16)17/h1-7H,(H,15,17). The summed E-state index contributed by atoms with van der Waals surface area (Å²) in [6.45, 7) is 0. The predicted octanol–water partition coefficient (Wildman–Crippen LogP) is 3.22. The van der Waals surface area contributed by atoms with Crippen LogP contribution in [0.4, 0.5) is 4.39 Å². The zero-order valence-electron chi connectivity index (χ0n) is 8.72. The van der Waals surface area contributed by atoms with E-state index in [-0.39, 0.29) is 5.82 Å². The fourth-order valence-electron chi connectivity index (χ4n) is 1.83. The van der Waals surface area contributed by atoms with Crippen LogP contribution in [0.3, 0.4) is 0 Å². The normalized spacial score (nSPS) is 10.9. The highest BCUT2D eigenvalue weighted by atomic mass is 32.1. The van der Waals surface area contributed by atoms with Crippen molar-refractivity contribution in [2.75, 3.05) is 0 Å². The predicted molar refractivity (Wildman–Crippen MR) is 66.2 cm³/mol. The maximum absolute atomic E-state index is 13.2. The molecule has 2 heterocycles. The van der Waals surface area contributed by atoms with Crippen molar-refractivity contribution in [3.63, 3.8) is 0 Å². The summed E-state index contributed by atoms with van der Waals surface area (Å²) >= 11 is 5.24. The summed E-state index contributed by atoms with van der Waals surface area (Å²) in [5, 5.41) is 0. The van der Waals surface area contributed by atoms with E-state index >= 15 is 0 Å². The number of halogens is 1. The molecule has 84 valence electrons. The van der Waals surface area contributed by atoms with E-state index in [0.717, 1.165) is 11.0 Å². The highest BCUT2D eigenvalue weighted by molar-refractivity contribution is 7.71. The van der Waals surface area contributed by atoms with E-state index in [1.807, 2.05) is 12.1 Å². The van der Waals surface area contributed by atoms with Gasteiger partial charge in [0, 0.05) is 6.20 Å². The number of imidazole rings is 1. The molecule has 0 saturated heterocycles. The van der Waals surface area contributed by atoms with Gasteiger partial charge in [-0.05, 0) is 36.5 Å². The zero-order chi connectivity index (χ0) is 11.8. The van der Waals surface area contributed by atoms with Crippen molar-refractivity contribution in [1.29, 1.82) is 0 Å². The Bertz CT molecular complexity index is 745. The molecule has 0 fully saturated rings. The SMILES string of the molecule is Fc1cccc(-n2c(=S)[nH]c3cnccc32)c1. The molecule has 3 nitrogen and oxygen atoms in total. The molecule has 5 heteroatoms. The minimum Gasteiger partial charge on any atom is -0.329 e. The van der Waals surface area contributed by atoms with Crippen molar-refractivity contribution in [2.24, 2.45) is 0 Å². The summed E-state index contributed by atoms with van der Waals surface area (Å²) in [7, 11) is 0. The lowest BCUT2D eigenvalue weighted by atomic mass is 10.3. The van der Waals surface area contributed by atoms with Crippen LogP contribution >= 0.6 is 12.2 Å². The van der Waals surface area contributed by atoms with E-state index in [1.54, 1.807) is 23.0 Å². The Morgan fingerprint density at radius 2 is 2.18 bits per heavy atom. The molecule has 0 amide bonds. The van der Waals surface area contributed by atoms with Gasteiger partial charge in [-0.1, -0.05) is 6.07 Å². The third kappa shape index (κ3) is 1.64. The number of aromatic nitrogens is 3. The number of fused-ring (bicyclic) bond motifs is 1. The average molecular weight is 245 g/mol. The first-order valence-electron chi connectivity index (χ1n) is 5.06. The highest BCUT2D eigenvalue weighted by Crippen LogP contribution is 2.18. The first-order chi connectivity index (χ1) is 8.25. The second-order valence-corrected chi connectivity index (χ2v) is 4.02. The van der Waals surface area contributed by atoms with Crippen molar-refractivity contribution >= 4 is 23.3 Å². The monoisotopic (exact) mass is 245 g/mol. The average Bonchev–Trinajstić information content (AvgIpc) is 2.64. The van der Waals surface area contributed by atoms with E-state index in [2.05, 4.69) is 9.97 Å². The highest BCUT2D eigenvalue weighted by Gasteiger charge is 2.06. The van der Waals surface area contributed by atoms with Gasteiger partial charge in [0.2, 0.25) is 0 Å². The van der Waals surface area contributed by atoms with Crippen LogP contribution in [0.2, 0.25) is 0 Å². The van der Waals surface area contributed by atoms with Gasteiger partial charge in [0.25, 0.3) is 0 Å². The van der Waals surface area contributed by atoms with E-state index in [4.69, 9.17) is 12.2 Å². The van der Waals surface area contributed by atoms with Crippen LogP contribution in [0.5, 0.6) is 0 Å². The lowest BCUT2D eigenvalue weighted by Gasteiger charge is -2.03. The van der Waals surface area contributed by atoms with E-state index in [0.29, 0.717) is 10.5 Å². The first kappa shape index (κ1) is 10.2. The van der Waals surface area contributed by atoms with Crippen LogP contribution in [0.15, 0.2) is 42.7 Å². The molecular formula is C12H8FN3S. The van der Waals surface area contributed by atoms with Crippen molar-refractivity contribution in [3.8, 4) is 5.69 Å². The largest absolute Gasteiger partial charge is 0.329 e. The van der Waals surface area contributed by atoms with E-state index in [9.17, 15) is 4.39 Å². The van der Waals surface area contributed by atoms with Gasteiger partial charge in [-0.15, -0.1) is 0 Å². The fraction of sp³-hybridized carbons (Fsp3) is 0. The summed E-state index contributed by atoms with van der Waals surface area (Å²) in [5.41, 5.74) is 2.42. The van der Waals surface area contributed by atoms with Gasteiger partial charge in [-0.25, -0.2) is 4.39 Å². The molecule has 1 N–H and O–H groups in total. The fourth-order valence-corrected chi connectivity index (χ4v) is 2.14. The van der Waals surface area contributed by atoms with Gasteiger partial charge < -0.3 is 4.98 Å². The van der Waals surface area contributed by atoms with Crippen LogP contribution in [-0.4, -0.2) is 14.5 Å². The molecule has 0 spiro atoms. The minimum atomic E-state index is -0.284. The molecule has 2 aromatic heterocycles. The molecule has 0 unspecified atom stereocenters. The Labute approximate surface area is 102 Å². The Kier molecular flexibility index (Phi) is 2.26. The number of hydrogen-bond donors (Lipinski definition) is 1. The van der Waals surface area contributed by atoms with E-state index in [1.165, 1.54) is 12.1 Å². The summed E-state index contributed by atoms with van der Waals surface area (Å²) in [6.07, 6.45) is 3.38. The smallest absolute Gasteiger partial charge is 0.182 e. The number of nitrogens with one attached hydrogen (secondary N) is 1. The topological polar surface area (TPSA) is 33.6 Å². The molecule has 0 aliphatic rings. The number of H-pyrrole nitrogens is 1. The van der Waals surface area contributed by atoms with Crippen LogP contribution in [-0.2, 0) is 0 Å². The Balaban J connectivity index is 2.37. The number of pyridine rings is 1. The van der Waals surface area contributed by atoms with Crippen molar-refractivity contribution < 1.29 is 4.39 Å². The quantitative estimate of drug-likeness (QED) is 0.668. The maximum Gasteiger partial charge on any atom is 0.182 e. The zero-order valence-corrected chi connectivity index (χ0v) is 9.54. The third-order valence-electron chi connectivity index (χ3n) is 2.55. The molecule has 17 heavy (non-hydrogen) atoms. The second-order valence-electron chi connectivity index (χ2n) is 3.64. The number of hydrogen-bond acceptors (Lipinski definition) is 2. The lowest BCUT2D eigenvalue weighted by Crippen LogP contribution is -1.94. The van der Waals surface area contributed by atoms with Crippen LogP contribution < -0.4 is 0 Å². The number of rotatable bonds is 1. The molecule has 0 aliphatic heterocycles. The number of nitrogens with zero attached hydrogens (tertiary/aromatic N) is 2. The van der Waals surface area contributed by atoms with Gasteiger partial charge >= 0.3 is 0 Å². The molecule has 0 radical (unpaired) electrons. The van der Waals surface area contributed by atoms with Crippen LogP contribution in [0.25, 0.3) is 16.7 Å². The molecule has 1 aromatic carbocycles. The maximum atomic E-state index is 13.2. The van der Waals surface area contributed by atoms with E-state index < -0.39 is 0 Å². The Morgan fingerprint density at radius 1 is 1.29 bits per heavy atom. The molecule has 3 rings (SSSR count). The van der Waals surface area contributed by atoms with Gasteiger partial charge in [-0.2, -0.15) is 0 Å². The third-order valence-corrected chi connectivity index (χ3v) is 2.83. The summed E-state index contributed by atoms with van der Waals surface area (Å²) < 4.78 is 15.5.